The molecule has 1 aromatic carbocycles. The zero-order valence-electron chi connectivity index (χ0n) is 11.1. The number of esters is 2. The molecule has 1 amide bonds. The molecular weight excluding hydrogens is 274 g/mol. The molecule has 6 nitrogen and oxygen atoms in total. The van der Waals surface area contributed by atoms with E-state index < -0.39 is 18.0 Å². The molecule has 1 aliphatic rings. The van der Waals surface area contributed by atoms with Crippen LogP contribution in [0.1, 0.15) is 17.5 Å². The average Bonchev–Trinajstić information content (AvgIpc) is 2.81. The molecule has 6 heteroatoms. The van der Waals surface area contributed by atoms with E-state index in [-0.39, 0.29) is 18.7 Å². The molecule has 0 aliphatic carbocycles. The van der Waals surface area contributed by atoms with Crippen molar-refractivity contribution < 1.29 is 23.9 Å². The predicted octanol–water partition coefficient (Wildman–Crippen LogP) is 1.91. The highest BCUT2D eigenvalue weighted by molar-refractivity contribution is 6.04. The summed E-state index contributed by atoms with van der Waals surface area (Å²) in [6, 6.07) is 7.39. The Morgan fingerprint density at radius 2 is 2.00 bits per heavy atom. The molecule has 0 atom stereocenters. The molecule has 21 heavy (non-hydrogen) atoms. The van der Waals surface area contributed by atoms with Gasteiger partial charge in [-0.05, 0) is 17.2 Å². The summed E-state index contributed by atoms with van der Waals surface area (Å²) in [6.45, 7) is 3.78. The summed E-state index contributed by atoms with van der Waals surface area (Å²) in [7, 11) is 0. The highest BCUT2D eigenvalue weighted by Crippen LogP contribution is 2.08. The zero-order valence-corrected chi connectivity index (χ0v) is 11.1. The minimum Gasteiger partial charge on any atom is -0.461 e. The van der Waals surface area contributed by atoms with Crippen LogP contribution in [0.3, 0.4) is 0 Å². The lowest BCUT2D eigenvalue weighted by molar-refractivity contribution is -0.143. The van der Waals surface area contributed by atoms with Crippen molar-refractivity contribution in [3.63, 3.8) is 0 Å². The lowest BCUT2D eigenvalue weighted by Gasteiger charge is -2.04. The second-order valence-corrected chi connectivity index (χ2v) is 4.23. The van der Waals surface area contributed by atoms with E-state index in [0.717, 1.165) is 11.1 Å². The van der Waals surface area contributed by atoms with Crippen molar-refractivity contribution >= 4 is 24.1 Å². The van der Waals surface area contributed by atoms with Gasteiger partial charge in [-0.1, -0.05) is 36.9 Å². The van der Waals surface area contributed by atoms with E-state index in [1.165, 1.54) is 6.08 Å². The molecule has 0 saturated carbocycles. The molecule has 1 aromatic rings. The third kappa shape index (κ3) is 4.04. The van der Waals surface area contributed by atoms with E-state index in [4.69, 9.17) is 4.74 Å². The summed E-state index contributed by atoms with van der Waals surface area (Å²) >= 11 is 0. The van der Waals surface area contributed by atoms with Gasteiger partial charge in [-0.15, -0.1) is 0 Å². The lowest BCUT2D eigenvalue weighted by atomic mass is 10.1. The maximum Gasteiger partial charge on any atom is 0.419 e. The normalized spacial score (nSPS) is 15.5. The Hall–Kier alpha value is -2.89. The summed E-state index contributed by atoms with van der Waals surface area (Å²) in [5.74, 6) is -1.31. The molecule has 0 spiro atoms. The average molecular weight is 287 g/mol. The molecule has 2 rings (SSSR count). The van der Waals surface area contributed by atoms with Crippen molar-refractivity contribution in [3.8, 4) is 0 Å². The summed E-state index contributed by atoms with van der Waals surface area (Å²) in [4.78, 5) is 33.4. The molecule has 1 heterocycles. The number of nitrogens with one attached hydrogen (secondary N) is 1. The second kappa shape index (κ2) is 6.51. The molecule has 1 saturated heterocycles. The van der Waals surface area contributed by atoms with Gasteiger partial charge in [0.15, 0.2) is 0 Å². The summed E-state index contributed by atoms with van der Waals surface area (Å²) in [5.41, 5.74) is 1.77. The number of rotatable bonds is 5. The van der Waals surface area contributed by atoms with Gasteiger partial charge >= 0.3 is 18.0 Å². The second-order valence-electron chi connectivity index (χ2n) is 4.23. The van der Waals surface area contributed by atoms with Gasteiger partial charge in [0.05, 0.1) is 6.42 Å². The van der Waals surface area contributed by atoms with E-state index in [2.05, 4.69) is 16.6 Å². The van der Waals surface area contributed by atoms with Gasteiger partial charge in [-0.25, -0.2) is 9.59 Å². The SMILES string of the molecule is C=Cc1ccc(COC(=O)C/C=C2\NC(=O)OC2=O)cc1. The molecule has 0 radical (unpaired) electrons. The van der Waals surface area contributed by atoms with Crippen LogP contribution in [0.4, 0.5) is 4.79 Å². The van der Waals surface area contributed by atoms with Crippen molar-refractivity contribution in [2.45, 2.75) is 13.0 Å². The largest absolute Gasteiger partial charge is 0.461 e. The molecule has 108 valence electrons. The van der Waals surface area contributed by atoms with Gasteiger partial charge in [0.2, 0.25) is 0 Å². The van der Waals surface area contributed by atoms with Crippen molar-refractivity contribution in [1.82, 2.24) is 5.32 Å². The van der Waals surface area contributed by atoms with Gasteiger partial charge in [0, 0.05) is 0 Å². The standard InChI is InChI=1S/C15H13NO5/c1-2-10-3-5-11(6-4-10)9-20-13(17)8-7-12-14(18)21-15(19)16-12/h2-7H,1,8-9H2,(H,16,19)/b12-7-. The zero-order chi connectivity index (χ0) is 15.2. The Morgan fingerprint density at radius 3 is 2.57 bits per heavy atom. The number of ether oxygens (including phenoxy) is 2. The fourth-order valence-corrected chi connectivity index (χ4v) is 1.62. The number of hydrogen-bond donors (Lipinski definition) is 1. The van der Waals surface area contributed by atoms with Crippen LogP contribution in [0.2, 0.25) is 0 Å². The van der Waals surface area contributed by atoms with E-state index in [0.29, 0.717) is 0 Å². The smallest absolute Gasteiger partial charge is 0.419 e. The topological polar surface area (TPSA) is 81.7 Å². The minimum absolute atomic E-state index is 0.0488. The Labute approximate surface area is 121 Å². The van der Waals surface area contributed by atoms with E-state index >= 15 is 0 Å². The van der Waals surface area contributed by atoms with E-state index in [1.54, 1.807) is 6.08 Å². The lowest BCUT2D eigenvalue weighted by Crippen LogP contribution is -2.12. The van der Waals surface area contributed by atoms with Crippen LogP contribution in [-0.2, 0) is 25.7 Å². The van der Waals surface area contributed by atoms with Crippen LogP contribution >= 0.6 is 0 Å². The Kier molecular flexibility index (Phi) is 4.50. The molecule has 0 aromatic heterocycles. The van der Waals surface area contributed by atoms with Crippen molar-refractivity contribution in [2.75, 3.05) is 0 Å². The number of cyclic esters (lactones) is 2. The maximum absolute atomic E-state index is 11.5. The summed E-state index contributed by atoms with van der Waals surface area (Å²) < 4.78 is 9.29. The Morgan fingerprint density at radius 1 is 1.29 bits per heavy atom. The number of amides is 1. The summed E-state index contributed by atoms with van der Waals surface area (Å²) in [5, 5.41) is 2.18. The molecule has 0 unspecified atom stereocenters. The number of hydrogen-bond acceptors (Lipinski definition) is 5. The first-order valence-corrected chi connectivity index (χ1v) is 6.19. The van der Waals surface area contributed by atoms with Crippen LogP contribution in [0.15, 0.2) is 42.6 Å². The highest BCUT2D eigenvalue weighted by Gasteiger charge is 2.25. The van der Waals surface area contributed by atoms with Crippen LogP contribution in [-0.4, -0.2) is 18.0 Å². The molecule has 1 N–H and O–H groups in total. The van der Waals surface area contributed by atoms with Gasteiger partial charge in [-0.2, -0.15) is 0 Å². The minimum atomic E-state index is -0.845. The molecular formula is C15H13NO5. The monoisotopic (exact) mass is 287 g/mol. The van der Waals surface area contributed by atoms with Crippen molar-refractivity contribution in [3.05, 3.63) is 53.7 Å². The van der Waals surface area contributed by atoms with Gasteiger partial charge in [-0.3, -0.25) is 10.1 Å². The Balaban J connectivity index is 1.82. The number of carbonyl (C=O) groups excluding carboxylic acids is 3. The summed E-state index contributed by atoms with van der Waals surface area (Å²) in [6.07, 6.45) is 2.00. The molecule has 1 fully saturated rings. The fourth-order valence-electron chi connectivity index (χ4n) is 1.62. The number of alkyl carbamates (subject to hydrolysis) is 1. The number of benzene rings is 1. The van der Waals surface area contributed by atoms with Gasteiger partial charge in [0.25, 0.3) is 0 Å². The molecule has 1 aliphatic heterocycles. The quantitative estimate of drug-likeness (QED) is 0.508. The highest BCUT2D eigenvalue weighted by atomic mass is 16.6. The number of carbonyl (C=O) groups is 3. The third-order valence-electron chi connectivity index (χ3n) is 2.73. The first kappa shape index (κ1) is 14.5. The maximum atomic E-state index is 11.5. The van der Waals surface area contributed by atoms with E-state index in [1.807, 2.05) is 24.3 Å². The Bertz CT molecular complexity index is 615. The van der Waals surface area contributed by atoms with Crippen molar-refractivity contribution in [1.29, 1.82) is 0 Å². The van der Waals surface area contributed by atoms with Crippen LogP contribution in [0, 0.1) is 0 Å². The van der Waals surface area contributed by atoms with Crippen LogP contribution in [0.25, 0.3) is 6.08 Å². The predicted molar refractivity (Wildman–Crippen MR) is 73.7 cm³/mol. The van der Waals surface area contributed by atoms with Gasteiger partial charge < -0.3 is 9.47 Å². The molecule has 0 bridgehead atoms. The van der Waals surface area contributed by atoms with E-state index in [9.17, 15) is 14.4 Å². The van der Waals surface area contributed by atoms with Crippen LogP contribution < -0.4 is 5.32 Å². The van der Waals surface area contributed by atoms with Crippen LogP contribution in [0.5, 0.6) is 0 Å². The fraction of sp³-hybridized carbons (Fsp3) is 0.133. The first-order chi connectivity index (χ1) is 10.1. The van der Waals surface area contributed by atoms with Crippen molar-refractivity contribution in [2.24, 2.45) is 0 Å². The first-order valence-electron chi connectivity index (χ1n) is 6.19. The third-order valence-corrected chi connectivity index (χ3v) is 2.73. The van der Waals surface area contributed by atoms with Gasteiger partial charge in [0.1, 0.15) is 12.3 Å².